The Labute approximate surface area is 113 Å². The molecule has 2 aromatic rings. The van der Waals surface area contributed by atoms with Crippen molar-refractivity contribution in [3.05, 3.63) is 42.1 Å². The number of sulfonamides is 1. The predicted octanol–water partition coefficient (Wildman–Crippen LogP) is 1.91. The Morgan fingerprint density at radius 1 is 1.21 bits per heavy atom. The van der Waals surface area contributed by atoms with Gasteiger partial charge in [0.25, 0.3) is 0 Å². The molecule has 0 aliphatic heterocycles. The van der Waals surface area contributed by atoms with E-state index in [-0.39, 0.29) is 5.75 Å². The summed E-state index contributed by atoms with van der Waals surface area (Å²) in [6.45, 7) is 2.17. The van der Waals surface area contributed by atoms with Crippen LogP contribution in [0.15, 0.2) is 36.5 Å². The number of aromatic nitrogens is 2. The molecule has 2 rings (SSSR count). The Balaban J connectivity index is 2.00. The minimum absolute atomic E-state index is 0.166. The molecule has 0 spiro atoms. The minimum atomic E-state index is -3.15. The summed E-state index contributed by atoms with van der Waals surface area (Å²) in [6, 6.07) is 9.59. The van der Waals surface area contributed by atoms with E-state index >= 15 is 0 Å². The van der Waals surface area contributed by atoms with E-state index in [2.05, 4.69) is 14.9 Å². The fourth-order valence-corrected chi connectivity index (χ4v) is 2.82. The van der Waals surface area contributed by atoms with Gasteiger partial charge in [-0.25, -0.2) is 13.1 Å². The zero-order chi connectivity index (χ0) is 13.7. The lowest BCUT2D eigenvalue weighted by Crippen LogP contribution is -2.25. The highest BCUT2D eigenvalue weighted by molar-refractivity contribution is 7.89. The Morgan fingerprint density at radius 3 is 2.53 bits per heavy atom. The number of H-pyrrole nitrogens is 1. The van der Waals surface area contributed by atoms with Crippen LogP contribution in [0, 0.1) is 0 Å². The molecule has 1 aromatic heterocycles. The quantitative estimate of drug-likeness (QED) is 0.848. The van der Waals surface area contributed by atoms with E-state index in [1.807, 2.05) is 37.3 Å². The molecular weight excluding hydrogens is 262 g/mol. The summed E-state index contributed by atoms with van der Waals surface area (Å²) in [7, 11) is -3.15. The molecule has 0 aliphatic carbocycles. The fourth-order valence-electron chi connectivity index (χ4n) is 1.75. The molecule has 5 nitrogen and oxygen atoms in total. The van der Waals surface area contributed by atoms with E-state index in [0.29, 0.717) is 13.0 Å². The lowest BCUT2D eigenvalue weighted by atomic mass is 10.1. The van der Waals surface area contributed by atoms with E-state index < -0.39 is 10.0 Å². The van der Waals surface area contributed by atoms with Gasteiger partial charge in [-0.15, -0.1) is 0 Å². The second-order valence-corrected chi connectivity index (χ2v) is 6.23. The van der Waals surface area contributed by atoms with Crippen molar-refractivity contribution in [3.63, 3.8) is 0 Å². The molecule has 2 N–H and O–H groups in total. The van der Waals surface area contributed by atoms with Gasteiger partial charge >= 0.3 is 0 Å². The monoisotopic (exact) mass is 279 g/mol. The van der Waals surface area contributed by atoms with Crippen LogP contribution < -0.4 is 4.72 Å². The summed E-state index contributed by atoms with van der Waals surface area (Å²) in [6.07, 6.45) is 2.32. The number of aromatic amines is 1. The van der Waals surface area contributed by atoms with Crippen molar-refractivity contribution in [3.8, 4) is 11.3 Å². The molecule has 0 unspecified atom stereocenters. The van der Waals surface area contributed by atoms with Crippen LogP contribution in [0.2, 0.25) is 0 Å². The van der Waals surface area contributed by atoms with Crippen molar-refractivity contribution >= 4 is 10.0 Å². The molecule has 0 fully saturated rings. The van der Waals surface area contributed by atoms with Gasteiger partial charge in [0.05, 0.1) is 11.4 Å². The van der Waals surface area contributed by atoms with Crippen molar-refractivity contribution in [1.82, 2.24) is 14.9 Å². The fraction of sp³-hybridized carbons (Fsp3) is 0.308. The average Bonchev–Trinajstić information content (AvgIpc) is 2.91. The van der Waals surface area contributed by atoms with Crippen LogP contribution in [0.25, 0.3) is 11.3 Å². The van der Waals surface area contributed by atoms with Crippen molar-refractivity contribution < 1.29 is 8.42 Å². The Bertz CT molecular complexity index is 604. The van der Waals surface area contributed by atoms with E-state index in [9.17, 15) is 8.42 Å². The Hall–Kier alpha value is -1.66. The van der Waals surface area contributed by atoms with Gasteiger partial charge < -0.3 is 0 Å². The molecule has 19 heavy (non-hydrogen) atoms. The van der Waals surface area contributed by atoms with E-state index in [4.69, 9.17) is 0 Å². The number of rotatable bonds is 6. The Kier molecular flexibility index (Phi) is 4.34. The van der Waals surface area contributed by atoms with E-state index in [1.165, 1.54) is 0 Å². The van der Waals surface area contributed by atoms with E-state index in [0.717, 1.165) is 16.8 Å². The van der Waals surface area contributed by atoms with Crippen molar-refractivity contribution in [2.24, 2.45) is 0 Å². The summed E-state index contributed by atoms with van der Waals surface area (Å²) >= 11 is 0. The summed E-state index contributed by atoms with van der Waals surface area (Å²) < 4.78 is 25.6. The van der Waals surface area contributed by atoms with Crippen molar-refractivity contribution in [2.75, 3.05) is 5.75 Å². The molecule has 6 heteroatoms. The minimum Gasteiger partial charge on any atom is -0.278 e. The first-order valence-corrected chi connectivity index (χ1v) is 7.82. The third-order valence-electron chi connectivity index (χ3n) is 2.73. The summed E-state index contributed by atoms with van der Waals surface area (Å²) in [5.41, 5.74) is 2.90. The lowest BCUT2D eigenvalue weighted by molar-refractivity contribution is 0.580. The first-order valence-electron chi connectivity index (χ1n) is 6.17. The molecule has 1 heterocycles. The highest BCUT2D eigenvalue weighted by atomic mass is 32.2. The van der Waals surface area contributed by atoms with Crippen LogP contribution in [-0.4, -0.2) is 24.4 Å². The van der Waals surface area contributed by atoms with Crippen LogP contribution in [0.5, 0.6) is 0 Å². The molecule has 102 valence electrons. The maximum Gasteiger partial charge on any atom is 0.211 e. The largest absolute Gasteiger partial charge is 0.278 e. The van der Waals surface area contributed by atoms with Gasteiger partial charge in [0.15, 0.2) is 0 Å². The molecule has 0 bridgehead atoms. The molecule has 0 radical (unpaired) electrons. The van der Waals surface area contributed by atoms with Crippen LogP contribution in [0.3, 0.4) is 0 Å². The number of hydrogen-bond acceptors (Lipinski definition) is 3. The van der Waals surface area contributed by atoms with E-state index in [1.54, 1.807) is 6.20 Å². The average molecular weight is 279 g/mol. The molecule has 0 saturated heterocycles. The summed E-state index contributed by atoms with van der Waals surface area (Å²) in [4.78, 5) is 0. The highest BCUT2D eigenvalue weighted by Crippen LogP contribution is 2.16. The summed E-state index contributed by atoms with van der Waals surface area (Å²) in [5, 5.41) is 6.78. The van der Waals surface area contributed by atoms with Crippen LogP contribution in [-0.2, 0) is 16.6 Å². The molecular formula is C13H17N3O2S. The summed E-state index contributed by atoms with van der Waals surface area (Å²) in [5.74, 6) is 0.166. The maximum atomic E-state index is 11.5. The molecule has 0 amide bonds. The zero-order valence-corrected chi connectivity index (χ0v) is 11.6. The number of hydrogen-bond donors (Lipinski definition) is 2. The second-order valence-electron chi connectivity index (χ2n) is 4.31. The number of nitrogens with one attached hydrogen (secondary N) is 2. The van der Waals surface area contributed by atoms with Gasteiger partial charge in [-0.2, -0.15) is 5.10 Å². The second kappa shape index (κ2) is 5.99. The van der Waals surface area contributed by atoms with Gasteiger partial charge in [-0.3, -0.25) is 5.10 Å². The number of nitrogens with zero attached hydrogens (tertiary/aromatic N) is 1. The SMILES string of the molecule is CCCS(=O)(=O)NCc1ccc(-c2ccn[nH]2)cc1. The third-order valence-corrected chi connectivity index (χ3v) is 4.26. The standard InChI is InChI=1S/C13H17N3O2S/c1-2-9-19(17,18)15-10-11-3-5-12(6-4-11)13-7-8-14-16-13/h3-8,15H,2,9-10H2,1H3,(H,14,16). The Morgan fingerprint density at radius 2 is 1.95 bits per heavy atom. The zero-order valence-electron chi connectivity index (χ0n) is 10.8. The van der Waals surface area contributed by atoms with Crippen LogP contribution in [0.4, 0.5) is 0 Å². The van der Waals surface area contributed by atoms with Gasteiger partial charge in [0.2, 0.25) is 10.0 Å². The van der Waals surface area contributed by atoms with Crippen LogP contribution in [0.1, 0.15) is 18.9 Å². The maximum absolute atomic E-state index is 11.5. The number of benzene rings is 1. The smallest absolute Gasteiger partial charge is 0.211 e. The topological polar surface area (TPSA) is 74.8 Å². The first kappa shape index (κ1) is 13.8. The first-order chi connectivity index (χ1) is 9.11. The van der Waals surface area contributed by atoms with Crippen LogP contribution >= 0.6 is 0 Å². The molecule has 0 atom stereocenters. The molecule has 0 aliphatic rings. The molecule has 0 saturated carbocycles. The van der Waals surface area contributed by atoms with Crippen molar-refractivity contribution in [1.29, 1.82) is 0 Å². The van der Waals surface area contributed by atoms with Crippen molar-refractivity contribution in [2.45, 2.75) is 19.9 Å². The predicted molar refractivity (Wildman–Crippen MR) is 74.9 cm³/mol. The van der Waals surface area contributed by atoms with Gasteiger partial charge in [-0.1, -0.05) is 31.2 Å². The van der Waals surface area contributed by atoms with Gasteiger partial charge in [0.1, 0.15) is 0 Å². The van der Waals surface area contributed by atoms with Gasteiger partial charge in [0, 0.05) is 12.7 Å². The van der Waals surface area contributed by atoms with Gasteiger partial charge in [-0.05, 0) is 23.6 Å². The highest BCUT2D eigenvalue weighted by Gasteiger charge is 2.07. The lowest BCUT2D eigenvalue weighted by Gasteiger charge is -2.06. The molecule has 1 aromatic carbocycles. The normalized spacial score (nSPS) is 11.6. The third kappa shape index (κ3) is 3.90.